The van der Waals surface area contributed by atoms with E-state index < -0.39 is 0 Å². The number of likely N-dealkylation sites (tertiary alicyclic amines) is 1. The predicted molar refractivity (Wildman–Crippen MR) is 113 cm³/mol. The SMILES string of the molecule is CCCN1CCC(CNC(=NC)NCCc2ccc(Cl)nc2)C1.I. The summed E-state index contributed by atoms with van der Waals surface area (Å²) in [6.07, 6.45) is 5.24. The molecule has 1 atom stereocenters. The van der Waals surface area contributed by atoms with Crippen LogP contribution in [0, 0.1) is 5.92 Å². The molecule has 1 aliphatic rings. The maximum absolute atomic E-state index is 5.79. The van der Waals surface area contributed by atoms with Gasteiger partial charge in [0.15, 0.2) is 5.96 Å². The molecule has 2 N–H and O–H groups in total. The number of nitrogens with zero attached hydrogens (tertiary/aromatic N) is 3. The van der Waals surface area contributed by atoms with Crippen molar-refractivity contribution in [3.8, 4) is 0 Å². The largest absolute Gasteiger partial charge is 0.356 e. The summed E-state index contributed by atoms with van der Waals surface area (Å²) in [5.41, 5.74) is 1.17. The van der Waals surface area contributed by atoms with Crippen molar-refractivity contribution in [2.75, 3.05) is 39.8 Å². The number of pyridine rings is 1. The molecule has 1 unspecified atom stereocenters. The van der Waals surface area contributed by atoms with Gasteiger partial charge in [-0.1, -0.05) is 24.6 Å². The third kappa shape index (κ3) is 7.53. The maximum atomic E-state index is 5.79. The first-order chi connectivity index (χ1) is 11.2. The highest BCUT2D eigenvalue weighted by Crippen LogP contribution is 2.15. The van der Waals surface area contributed by atoms with Crippen molar-refractivity contribution in [3.05, 3.63) is 29.0 Å². The van der Waals surface area contributed by atoms with Crippen molar-refractivity contribution in [1.82, 2.24) is 20.5 Å². The van der Waals surface area contributed by atoms with Crippen molar-refractivity contribution in [3.63, 3.8) is 0 Å². The molecule has 1 aliphatic heterocycles. The molecule has 1 aromatic rings. The van der Waals surface area contributed by atoms with Gasteiger partial charge in [0.25, 0.3) is 0 Å². The van der Waals surface area contributed by atoms with Gasteiger partial charge in [-0.15, -0.1) is 24.0 Å². The molecule has 2 rings (SSSR count). The van der Waals surface area contributed by atoms with Gasteiger partial charge >= 0.3 is 0 Å². The lowest BCUT2D eigenvalue weighted by Crippen LogP contribution is -2.41. The van der Waals surface area contributed by atoms with E-state index in [9.17, 15) is 0 Å². The number of aromatic nitrogens is 1. The number of guanidine groups is 1. The second-order valence-corrected chi connectivity index (χ2v) is 6.46. The lowest BCUT2D eigenvalue weighted by molar-refractivity contribution is 0.324. The van der Waals surface area contributed by atoms with Crippen LogP contribution in [0.15, 0.2) is 23.3 Å². The van der Waals surface area contributed by atoms with Crippen LogP contribution in [0.2, 0.25) is 5.15 Å². The summed E-state index contributed by atoms with van der Waals surface area (Å²) < 4.78 is 0. The molecular weight excluding hydrogens is 437 g/mol. The molecule has 0 aromatic carbocycles. The molecule has 1 aromatic heterocycles. The Morgan fingerprint density at radius 2 is 2.25 bits per heavy atom. The fourth-order valence-electron chi connectivity index (χ4n) is 2.94. The van der Waals surface area contributed by atoms with E-state index in [0.717, 1.165) is 31.4 Å². The molecule has 0 spiro atoms. The monoisotopic (exact) mass is 465 g/mol. The van der Waals surface area contributed by atoms with E-state index in [-0.39, 0.29) is 24.0 Å². The average molecular weight is 466 g/mol. The van der Waals surface area contributed by atoms with E-state index in [2.05, 4.69) is 32.4 Å². The van der Waals surface area contributed by atoms with Crippen LogP contribution in [0.25, 0.3) is 0 Å². The zero-order valence-corrected chi connectivity index (χ0v) is 17.7. The molecule has 0 bridgehead atoms. The Morgan fingerprint density at radius 3 is 2.92 bits per heavy atom. The van der Waals surface area contributed by atoms with E-state index in [4.69, 9.17) is 11.6 Å². The third-order valence-electron chi connectivity index (χ3n) is 4.19. The van der Waals surface area contributed by atoms with Gasteiger partial charge in [0.05, 0.1) is 0 Å². The minimum atomic E-state index is 0. The summed E-state index contributed by atoms with van der Waals surface area (Å²) in [4.78, 5) is 10.9. The smallest absolute Gasteiger partial charge is 0.190 e. The number of hydrogen-bond acceptors (Lipinski definition) is 3. The highest BCUT2D eigenvalue weighted by molar-refractivity contribution is 14.0. The second kappa shape index (κ2) is 11.9. The molecule has 1 saturated heterocycles. The van der Waals surface area contributed by atoms with E-state index in [1.807, 2.05) is 25.4 Å². The molecule has 24 heavy (non-hydrogen) atoms. The molecular formula is C17H29ClIN5. The van der Waals surface area contributed by atoms with Crippen LogP contribution >= 0.6 is 35.6 Å². The van der Waals surface area contributed by atoms with E-state index >= 15 is 0 Å². The normalized spacial score (nSPS) is 18.3. The lowest BCUT2D eigenvalue weighted by atomic mass is 10.1. The molecule has 0 amide bonds. The maximum Gasteiger partial charge on any atom is 0.190 e. The molecule has 136 valence electrons. The van der Waals surface area contributed by atoms with Crippen LogP contribution in [0.1, 0.15) is 25.3 Å². The minimum Gasteiger partial charge on any atom is -0.356 e. The van der Waals surface area contributed by atoms with Crippen LogP contribution < -0.4 is 10.6 Å². The average Bonchev–Trinajstić information content (AvgIpc) is 3.00. The summed E-state index contributed by atoms with van der Waals surface area (Å²) >= 11 is 5.79. The summed E-state index contributed by atoms with van der Waals surface area (Å²) in [6, 6.07) is 3.83. The molecule has 0 aliphatic carbocycles. The Bertz CT molecular complexity index is 494. The molecule has 0 saturated carbocycles. The van der Waals surface area contributed by atoms with Crippen LogP contribution in [0.3, 0.4) is 0 Å². The molecule has 5 nitrogen and oxygen atoms in total. The number of rotatable bonds is 7. The van der Waals surface area contributed by atoms with Crippen molar-refractivity contribution in [1.29, 1.82) is 0 Å². The summed E-state index contributed by atoms with van der Waals surface area (Å²) in [6.45, 7) is 7.72. The number of hydrogen-bond donors (Lipinski definition) is 2. The lowest BCUT2D eigenvalue weighted by Gasteiger charge is -2.17. The fourth-order valence-corrected chi connectivity index (χ4v) is 3.05. The van der Waals surface area contributed by atoms with Crippen molar-refractivity contribution < 1.29 is 0 Å². The van der Waals surface area contributed by atoms with Gasteiger partial charge in [-0.3, -0.25) is 4.99 Å². The highest BCUT2D eigenvalue weighted by Gasteiger charge is 2.21. The van der Waals surface area contributed by atoms with E-state index in [1.165, 1.54) is 38.0 Å². The van der Waals surface area contributed by atoms with Gasteiger partial charge < -0.3 is 15.5 Å². The van der Waals surface area contributed by atoms with E-state index in [0.29, 0.717) is 5.15 Å². The fraction of sp³-hybridized carbons (Fsp3) is 0.647. The quantitative estimate of drug-likeness (QED) is 0.281. The standard InChI is InChI=1S/C17H28ClN5.HI/c1-3-9-23-10-7-15(13-23)12-22-17(19-2)20-8-6-14-4-5-16(18)21-11-14;/h4-5,11,15H,3,6-10,12-13H2,1-2H3,(H2,19,20,22);1H. The Labute approximate surface area is 167 Å². The minimum absolute atomic E-state index is 0. The van der Waals surface area contributed by atoms with Crippen LogP contribution in [0.4, 0.5) is 0 Å². The van der Waals surface area contributed by atoms with Crippen molar-refractivity contribution in [2.45, 2.75) is 26.2 Å². The van der Waals surface area contributed by atoms with Gasteiger partial charge in [-0.2, -0.15) is 0 Å². The van der Waals surface area contributed by atoms with Crippen LogP contribution in [-0.4, -0.2) is 55.6 Å². The zero-order valence-electron chi connectivity index (χ0n) is 14.6. The Kier molecular flexibility index (Phi) is 10.6. The molecule has 1 fully saturated rings. The summed E-state index contributed by atoms with van der Waals surface area (Å²) in [7, 11) is 1.82. The van der Waals surface area contributed by atoms with Gasteiger partial charge in [-0.25, -0.2) is 4.98 Å². The van der Waals surface area contributed by atoms with Gasteiger partial charge in [-0.05, 0) is 49.9 Å². The first-order valence-corrected chi connectivity index (χ1v) is 8.86. The molecule has 2 heterocycles. The van der Waals surface area contributed by atoms with Crippen LogP contribution in [-0.2, 0) is 6.42 Å². The topological polar surface area (TPSA) is 52.5 Å². The summed E-state index contributed by atoms with van der Waals surface area (Å²) in [5, 5.41) is 7.34. The highest BCUT2D eigenvalue weighted by atomic mass is 127. The summed E-state index contributed by atoms with van der Waals surface area (Å²) in [5.74, 6) is 1.60. The third-order valence-corrected chi connectivity index (χ3v) is 4.41. The van der Waals surface area contributed by atoms with Gasteiger partial charge in [0, 0.05) is 32.9 Å². The van der Waals surface area contributed by atoms with Crippen LogP contribution in [0.5, 0.6) is 0 Å². The number of nitrogens with one attached hydrogen (secondary N) is 2. The van der Waals surface area contributed by atoms with Crippen molar-refractivity contribution in [2.24, 2.45) is 10.9 Å². The Hall–Kier alpha value is -0.600. The second-order valence-electron chi connectivity index (χ2n) is 6.07. The van der Waals surface area contributed by atoms with Gasteiger partial charge in [0.2, 0.25) is 0 Å². The van der Waals surface area contributed by atoms with Crippen molar-refractivity contribution >= 4 is 41.5 Å². The number of halogens is 2. The molecule has 7 heteroatoms. The van der Waals surface area contributed by atoms with E-state index in [1.54, 1.807) is 0 Å². The predicted octanol–water partition coefficient (Wildman–Crippen LogP) is 2.79. The van der Waals surface area contributed by atoms with Gasteiger partial charge in [0.1, 0.15) is 5.15 Å². The first kappa shape index (κ1) is 21.4. The Balaban J connectivity index is 0.00000288. The zero-order chi connectivity index (χ0) is 16.5. The first-order valence-electron chi connectivity index (χ1n) is 8.48. The number of aliphatic imine (C=N–C) groups is 1. The Morgan fingerprint density at radius 1 is 1.42 bits per heavy atom. The molecule has 0 radical (unpaired) electrons.